The summed E-state index contributed by atoms with van der Waals surface area (Å²) in [7, 11) is 1.55. The molecule has 25 heavy (non-hydrogen) atoms. The monoisotopic (exact) mass is 368 g/mol. The molecule has 1 saturated heterocycles. The Labute approximate surface area is 153 Å². The Morgan fingerprint density at radius 2 is 2.20 bits per heavy atom. The van der Waals surface area contributed by atoms with E-state index in [9.17, 15) is 4.79 Å². The largest absolute Gasteiger partial charge is 0.493 e. The van der Waals surface area contributed by atoms with Crippen LogP contribution in [0.4, 0.5) is 0 Å². The number of carbonyl (C=O) groups excluding carboxylic acids is 1. The van der Waals surface area contributed by atoms with Crippen molar-refractivity contribution < 1.29 is 23.7 Å². The third-order valence-corrected chi connectivity index (χ3v) is 3.98. The second-order valence-corrected chi connectivity index (χ2v) is 6.56. The number of hydrogen-bond acceptors (Lipinski definition) is 5. The number of benzene rings is 1. The molecule has 1 aliphatic heterocycles. The maximum atomic E-state index is 11.9. The van der Waals surface area contributed by atoms with Gasteiger partial charge in [0, 0.05) is 12.7 Å². The highest BCUT2D eigenvalue weighted by molar-refractivity contribution is 6.32. The van der Waals surface area contributed by atoms with Gasteiger partial charge in [-0.3, -0.25) is 0 Å². The lowest BCUT2D eigenvalue weighted by molar-refractivity contribution is -0.143. The molecule has 1 fully saturated rings. The minimum atomic E-state index is -0.410. The Kier molecular flexibility index (Phi) is 7.59. The van der Waals surface area contributed by atoms with Crippen LogP contribution in [0.15, 0.2) is 18.2 Å². The fourth-order valence-electron chi connectivity index (χ4n) is 2.51. The summed E-state index contributed by atoms with van der Waals surface area (Å²) in [6.07, 6.45) is 6.11. The van der Waals surface area contributed by atoms with Gasteiger partial charge in [-0.2, -0.15) is 0 Å². The van der Waals surface area contributed by atoms with Gasteiger partial charge in [-0.05, 0) is 56.9 Å². The van der Waals surface area contributed by atoms with Crippen molar-refractivity contribution in [3.63, 3.8) is 0 Å². The molecular formula is C19H25ClO5. The number of esters is 1. The number of carbonyl (C=O) groups is 1. The van der Waals surface area contributed by atoms with Crippen LogP contribution >= 0.6 is 11.6 Å². The van der Waals surface area contributed by atoms with Gasteiger partial charge in [-0.15, -0.1) is 0 Å². The second-order valence-electron chi connectivity index (χ2n) is 6.15. The first-order valence-corrected chi connectivity index (χ1v) is 8.88. The molecule has 1 unspecified atom stereocenters. The zero-order valence-electron chi connectivity index (χ0n) is 14.9. The van der Waals surface area contributed by atoms with Crippen LogP contribution < -0.4 is 9.47 Å². The molecule has 1 aromatic carbocycles. The van der Waals surface area contributed by atoms with Crippen molar-refractivity contribution in [2.24, 2.45) is 0 Å². The van der Waals surface area contributed by atoms with E-state index >= 15 is 0 Å². The fraction of sp³-hybridized carbons (Fsp3) is 0.526. The van der Waals surface area contributed by atoms with Crippen LogP contribution in [0.1, 0.15) is 38.7 Å². The zero-order chi connectivity index (χ0) is 18.2. The van der Waals surface area contributed by atoms with Gasteiger partial charge in [0.15, 0.2) is 11.5 Å². The summed E-state index contributed by atoms with van der Waals surface area (Å²) in [5, 5.41) is 0.427. The summed E-state index contributed by atoms with van der Waals surface area (Å²) < 4.78 is 21.8. The average Bonchev–Trinajstić information content (AvgIpc) is 2.60. The first-order valence-electron chi connectivity index (χ1n) is 8.50. The third kappa shape index (κ3) is 6.25. The van der Waals surface area contributed by atoms with E-state index in [0.29, 0.717) is 16.5 Å². The summed E-state index contributed by atoms with van der Waals surface area (Å²) >= 11 is 6.26. The molecule has 6 heteroatoms. The highest BCUT2D eigenvalue weighted by atomic mass is 35.5. The van der Waals surface area contributed by atoms with Gasteiger partial charge < -0.3 is 18.9 Å². The second kappa shape index (κ2) is 9.68. The Morgan fingerprint density at radius 3 is 2.84 bits per heavy atom. The van der Waals surface area contributed by atoms with Crippen LogP contribution in [0, 0.1) is 0 Å². The summed E-state index contributed by atoms with van der Waals surface area (Å²) in [6, 6.07) is 3.48. The van der Waals surface area contributed by atoms with Crippen molar-refractivity contribution in [2.75, 3.05) is 20.3 Å². The zero-order valence-corrected chi connectivity index (χ0v) is 15.7. The van der Waals surface area contributed by atoms with Gasteiger partial charge in [0.1, 0.15) is 6.61 Å². The average molecular weight is 369 g/mol. The summed E-state index contributed by atoms with van der Waals surface area (Å²) in [5.74, 6) is 0.602. The molecule has 5 nitrogen and oxygen atoms in total. The summed E-state index contributed by atoms with van der Waals surface area (Å²) in [6.45, 7) is 4.85. The van der Waals surface area contributed by atoms with E-state index in [-0.39, 0.29) is 18.8 Å². The fourth-order valence-corrected chi connectivity index (χ4v) is 2.78. The molecule has 0 amide bonds. The lowest BCUT2D eigenvalue weighted by Crippen LogP contribution is -2.25. The Hall–Kier alpha value is -1.72. The van der Waals surface area contributed by atoms with Gasteiger partial charge in [0.25, 0.3) is 0 Å². The Bertz CT molecular complexity index is 606. The van der Waals surface area contributed by atoms with E-state index in [0.717, 1.165) is 31.4 Å². The molecule has 2 rings (SSSR count). The van der Waals surface area contributed by atoms with Crippen LogP contribution in [0.3, 0.4) is 0 Å². The van der Waals surface area contributed by atoms with Crippen molar-refractivity contribution >= 4 is 23.6 Å². The van der Waals surface area contributed by atoms with Crippen molar-refractivity contribution in [2.45, 2.75) is 45.3 Å². The molecule has 0 radical (unpaired) electrons. The Balaban J connectivity index is 1.97. The normalized spacial score (nSPS) is 17.7. The van der Waals surface area contributed by atoms with Crippen molar-refractivity contribution in [1.29, 1.82) is 0 Å². The topological polar surface area (TPSA) is 54.0 Å². The summed E-state index contributed by atoms with van der Waals surface area (Å²) in [5.41, 5.74) is 0.726. The number of rotatable bonds is 7. The van der Waals surface area contributed by atoms with E-state index in [2.05, 4.69) is 0 Å². The van der Waals surface area contributed by atoms with Gasteiger partial charge in [0.05, 0.1) is 24.3 Å². The van der Waals surface area contributed by atoms with E-state index in [1.165, 1.54) is 6.08 Å². The molecule has 1 heterocycles. The molecule has 138 valence electrons. The molecule has 0 saturated carbocycles. The lowest BCUT2D eigenvalue weighted by Gasteiger charge is -2.21. The van der Waals surface area contributed by atoms with E-state index in [1.54, 1.807) is 25.3 Å². The van der Waals surface area contributed by atoms with Gasteiger partial charge in [-0.1, -0.05) is 11.6 Å². The molecule has 0 bridgehead atoms. The van der Waals surface area contributed by atoms with Crippen LogP contribution in [0.25, 0.3) is 6.08 Å². The molecule has 1 aliphatic rings. The molecule has 0 aliphatic carbocycles. The standard InChI is InChI=1S/C19H25ClO5/c1-13(2)25-19-16(20)10-14(11-17(19)22-3)7-8-18(21)24-12-15-6-4-5-9-23-15/h7-8,10-11,13,15H,4-6,9,12H2,1-3H3. The highest BCUT2D eigenvalue weighted by Gasteiger charge is 2.15. The SMILES string of the molecule is COc1cc(C=CC(=O)OCC2CCCCO2)cc(Cl)c1OC(C)C. The van der Waals surface area contributed by atoms with Crippen LogP contribution in [-0.4, -0.2) is 38.5 Å². The lowest BCUT2D eigenvalue weighted by atomic mass is 10.1. The first-order chi connectivity index (χ1) is 12.0. The van der Waals surface area contributed by atoms with Crippen LogP contribution in [0.5, 0.6) is 11.5 Å². The Morgan fingerprint density at radius 1 is 1.40 bits per heavy atom. The smallest absolute Gasteiger partial charge is 0.330 e. The number of methoxy groups -OCH3 is 1. The van der Waals surface area contributed by atoms with Crippen LogP contribution in [0.2, 0.25) is 5.02 Å². The molecule has 0 spiro atoms. The van der Waals surface area contributed by atoms with Gasteiger partial charge >= 0.3 is 5.97 Å². The highest BCUT2D eigenvalue weighted by Crippen LogP contribution is 2.37. The molecule has 1 aromatic rings. The first kappa shape index (κ1) is 19.6. The third-order valence-electron chi connectivity index (χ3n) is 3.70. The van der Waals surface area contributed by atoms with Gasteiger partial charge in [0.2, 0.25) is 0 Å². The maximum absolute atomic E-state index is 11.9. The van der Waals surface area contributed by atoms with Crippen molar-refractivity contribution in [3.05, 3.63) is 28.8 Å². The predicted molar refractivity (Wildman–Crippen MR) is 97.4 cm³/mol. The maximum Gasteiger partial charge on any atom is 0.330 e. The number of halogens is 1. The number of hydrogen-bond donors (Lipinski definition) is 0. The van der Waals surface area contributed by atoms with E-state index in [4.69, 9.17) is 30.5 Å². The minimum absolute atomic E-state index is 0.00750. The van der Waals surface area contributed by atoms with E-state index < -0.39 is 5.97 Å². The number of ether oxygens (including phenoxy) is 4. The predicted octanol–water partition coefficient (Wildman–Crippen LogP) is 4.26. The van der Waals surface area contributed by atoms with E-state index in [1.807, 2.05) is 13.8 Å². The van der Waals surface area contributed by atoms with Crippen molar-refractivity contribution in [1.82, 2.24) is 0 Å². The quantitative estimate of drug-likeness (QED) is 0.531. The molecule has 0 N–H and O–H groups in total. The minimum Gasteiger partial charge on any atom is -0.493 e. The molecule has 0 aromatic heterocycles. The summed E-state index contributed by atoms with van der Waals surface area (Å²) in [4.78, 5) is 11.9. The van der Waals surface area contributed by atoms with Crippen molar-refractivity contribution in [3.8, 4) is 11.5 Å². The van der Waals surface area contributed by atoms with Gasteiger partial charge in [-0.25, -0.2) is 4.79 Å². The molecule has 1 atom stereocenters. The molecular weight excluding hydrogens is 344 g/mol. The van der Waals surface area contributed by atoms with Crippen LogP contribution in [-0.2, 0) is 14.3 Å².